The molecule has 0 N–H and O–H groups in total. The van der Waals surface area contributed by atoms with Crippen molar-refractivity contribution in [3.63, 3.8) is 0 Å². The molecule has 5 heteroatoms. The van der Waals surface area contributed by atoms with Gasteiger partial charge < -0.3 is 14.2 Å². The summed E-state index contributed by atoms with van der Waals surface area (Å²) in [6.45, 7) is 2.86. The molecular formula is C16H21BrO4. The van der Waals surface area contributed by atoms with Crippen molar-refractivity contribution in [3.8, 4) is 11.5 Å². The summed E-state index contributed by atoms with van der Waals surface area (Å²) in [6.07, 6.45) is 3.09. The molecule has 0 aliphatic carbocycles. The summed E-state index contributed by atoms with van der Waals surface area (Å²) in [5.41, 5.74) is 1.11. The van der Waals surface area contributed by atoms with Gasteiger partial charge in [0.05, 0.1) is 13.2 Å². The van der Waals surface area contributed by atoms with Crippen LogP contribution in [0.15, 0.2) is 18.2 Å². The summed E-state index contributed by atoms with van der Waals surface area (Å²) in [4.78, 5) is 11.8. The van der Waals surface area contributed by atoms with Crippen molar-refractivity contribution in [2.24, 2.45) is 0 Å². The summed E-state index contributed by atoms with van der Waals surface area (Å²) in [5.74, 6) is 1.23. The third-order valence-corrected chi connectivity index (χ3v) is 3.89. The Kier molecular flexibility index (Phi) is 6.36. The predicted molar refractivity (Wildman–Crippen MR) is 84.3 cm³/mol. The van der Waals surface area contributed by atoms with Crippen molar-refractivity contribution in [2.45, 2.75) is 38.7 Å². The minimum Gasteiger partial charge on any atom is -0.493 e. The van der Waals surface area contributed by atoms with Gasteiger partial charge in [0.1, 0.15) is 11.5 Å². The molecule has 4 nitrogen and oxygen atoms in total. The van der Waals surface area contributed by atoms with Crippen LogP contribution in [0.3, 0.4) is 0 Å². The predicted octanol–water partition coefficient (Wildman–Crippen LogP) is 3.50. The first kappa shape index (κ1) is 16.1. The Bertz CT molecular complexity index is 475. The number of fused-ring (bicyclic) bond motifs is 1. The zero-order chi connectivity index (χ0) is 15.1. The Morgan fingerprint density at radius 1 is 1.43 bits per heavy atom. The van der Waals surface area contributed by atoms with Crippen molar-refractivity contribution in [3.05, 3.63) is 23.8 Å². The number of hydrogen-bond donors (Lipinski definition) is 0. The standard InChI is InChI=1S/C16H21BrO4/c1-2-19-16(18)14-8-6-12-5-7-13(11-15(12)21-14)20-10-4-3-9-17/h5,7,11,14H,2-4,6,8-10H2,1H3/t14-/m0/s1. The molecule has 21 heavy (non-hydrogen) atoms. The fraction of sp³-hybridized carbons (Fsp3) is 0.562. The third kappa shape index (κ3) is 4.63. The lowest BCUT2D eigenvalue weighted by atomic mass is 10.0. The van der Waals surface area contributed by atoms with Gasteiger partial charge in [0.25, 0.3) is 0 Å². The highest BCUT2D eigenvalue weighted by molar-refractivity contribution is 9.09. The first-order chi connectivity index (χ1) is 10.2. The van der Waals surface area contributed by atoms with Crippen LogP contribution in [0, 0.1) is 0 Å². The van der Waals surface area contributed by atoms with E-state index in [0.717, 1.165) is 41.7 Å². The molecule has 1 aliphatic rings. The molecule has 1 aliphatic heterocycles. The SMILES string of the molecule is CCOC(=O)[C@@H]1CCc2ccc(OCCCCBr)cc2O1. The number of unbranched alkanes of at least 4 members (excludes halogenated alkanes) is 1. The van der Waals surface area contributed by atoms with Crippen LogP contribution < -0.4 is 9.47 Å². The van der Waals surface area contributed by atoms with E-state index in [1.54, 1.807) is 6.92 Å². The van der Waals surface area contributed by atoms with Crippen LogP contribution in [0.5, 0.6) is 11.5 Å². The molecule has 0 saturated heterocycles. The molecule has 0 spiro atoms. The van der Waals surface area contributed by atoms with Gasteiger partial charge in [-0.25, -0.2) is 4.79 Å². The number of halogens is 1. The number of alkyl halides is 1. The minimum atomic E-state index is -0.499. The van der Waals surface area contributed by atoms with Crippen LogP contribution in [0.25, 0.3) is 0 Å². The average Bonchev–Trinajstić information content (AvgIpc) is 2.51. The van der Waals surface area contributed by atoms with Crippen LogP contribution in [-0.2, 0) is 16.0 Å². The lowest BCUT2D eigenvalue weighted by Gasteiger charge is -2.25. The molecule has 0 aromatic heterocycles. The Hall–Kier alpha value is -1.23. The van der Waals surface area contributed by atoms with Gasteiger partial charge in [-0.3, -0.25) is 0 Å². The number of carbonyl (C=O) groups excluding carboxylic acids is 1. The lowest BCUT2D eigenvalue weighted by Crippen LogP contribution is -2.32. The van der Waals surface area contributed by atoms with Gasteiger partial charge in [0.15, 0.2) is 6.10 Å². The van der Waals surface area contributed by atoms with Crippen LogP contribution in [-0.4, -0.2) is 30.6 Å². The van der Waals surface area contributed by atoms with Crippen molar-refractivity contribution < 1.29 is 19.0 Å². The highest BCUT2D eigenvalue weighted by Gasteiger charge is 2.27. The van der Waals surface area contributed by atoms with Crippen molar-refractivity contribution in [2.75, 3.05) is 18.5 Å². The third-order valence-electron chi connectivity index (χ3n) is 3.33. The molecule has 0 saturated carbocycles. The van der Waals surface area contributed by atoms with E-state index in [-0.39, 0.29) is 5.97 Å². The maximum absolute atomic E-state index is 11.8. The molecule has 0 fully saturated rings. The van der Waals surface area contributed by atoms with E-state index in [1.807, 2.05) is 18.2 Å². The smallest absolute Gasteiger partial charge is 0.347 e. The van der Waals surface area contributed by atoms with E-state index in [1.165, 1.54) is 0 Å². The highest BCUT2D eigenvalue weighted by Crippen LogP contribution is 2.31. The summed E-state index contributed by atoms with van der Waals surface area (Å²) in [7, 11) is 0. The van der Waals surface area contributed by atoms with Gasteiger partial charge in [-0.15, -0.1) is 0 Å². The van der Waals surface area contributed by atoms with Gasteiger partial charge in [-0.1, -0.05) is 22.0 Å². The van der Waals surface area contributed by atoms with Gasteiger partial charge in [-0.2, -0.15) is 0 Å². The lowest BCUT2D eigenvalue weighted by molar-refractivity contribution is -0.152. The van der Waals surface area contributed by atoms with Crippen LogP contribution in [0.1, 0.15) is 31.7 Å². The Balaban J connectivity index is 1.95. The highest BCUT2D eigenvalue weighted by atomic mass is 79.9. The quantitative estimate of drug-likeness (QED) is 0.426. The van der Waals surface area contributed by atoms with E-state index < -0.39 is 6.10 Å². The fourth-order valence-corrected chi connectivity index (χ4v) is 2.62. The number of hydrogen-bond acceptors (Lipinski definition) is 4. The Morgan fingerprint density at radius 3 is 3.05 bits per heavy atom. The summed E-state index contributed by atoms with van der Waals surface area (Å²) in [6, 6.07) is 5.84. The molecule has 1 heterocycles. The van der Waals surface area contributed by atoms with E-state index in [2.05, 4.69) is 15.9 Å². The molecule has 1 atom stereocenters. The number of aryl methyl sites for hydroxylation is 1. The molecule has 0 bridgehead atoms. The zero-order valence-electron chi connectivity index (χ0n) is 12.3. The summed E-state index contributed by atoms with van der Waals surface area (Å²) in [5, 5.41) is 0.991. The molecule has 0 unspecified atom stereocenters. The minimum absolute atomic E-state index is 0.285. The van der Waals surface area contributed by atoms with Crippen LogP contribution in [0.2, 0.25) is 0 Å². The van der Waals surface area contributed by atoms with Crippen LogP contribution in [0.4, 0.5) is 0 Å². The van der Waals surface area contributed by atoms with Gasteiger partial charge >= 0.3 is 5.97 Å². The Labute approximate surface area is 133 Å². The topological polar surface area (TPSA) is 44.8 Å². The largest absolute Gasteiger partial charge is 0.493 e. The maximum Gasteiger partial charge on any atom is 0.347 e. The maximum atomic E-state index is 11.8. The summed E-state index contributed by atoms with van der Waals surface area (Å²) >= 11 is 3.40. The van der Waals surface area contributed by atoms with E-state index >= 15 is 0 Å². The van der Waals surface area contributed by atoms with E-state index in [0.29, 0.717) is 19.6 Å². The van der Waals surface area contributed by atoms with Gasteiger partial charge in [0.2, 0.25) is 0 Å². The molecule has 1 aromatic carbocycles. The molecule has 0 amide bonds. The Morgan fingerprint density at radius 2 is 2.29 bits per heavy atom. The second kappa shape index (κ2) is 8.27. The van der Waals surface area contributed by atoms with Crippen molar-refractivity contribution in [1.29, 1.82) is 0 Å². The average molecular weight is 357 g/mol. The van der Waals surface area contributed by atoms with E-state index in [9.17, 15) is 4.79 Å². The number of rotatable bonds is 7. The second-order valence-electron chi connectivity index (χ2n) is 4.91. The molecule has 116 valence electrons. The monoisotopic (exact) mass is 356 g/mol. The van der Waals surface area contributed by atoms with Crippen molar-refractivity contribution in [1.82, 2.24) is 0 Å². The molecule has 1 aromatic rings. The fourth-order valence-electron chi connectivity index (χ4n) is 2.23. The first-order valence-electron chi connectivity index (χ1n) is 7.39. The molecule has 2 rings (SSSR count). The van der Waals surface area contributed by atoms with Crippen LogP contribution >= 0.6 is 15.9 Å². The first-order valence-corrected chi connectivity index (χ1v) is 8.51. The zero-order valence-corrected chi connectivity index (χ0v) is 13.9. The number of esters is 1. The second-order valence-corrected chi connectivity index (χ2v) is 5.70. The molecular weight excluding hydrogens is 336 g/mol. The number of ether oxygens (including phenoxy) is 3. The van der Waals surface area contributed by atoms with Crippen molar-refractivity contribution >= 4 is 21.9 Å². The van der Waals surface area contributed by atoms with Gasteiger partial charge in [-0.05, 0) is 44.2 Å². The molecule has 0 radical (unpaired) electrons. The number of benzene rings is 1. The normalized spacial score (nSPS) is 16.8. The summed E-state index contributed by atoms with van der Waals surface area (Å²) < 4.78 is 16.5. The number of carbonyl (C=O) groups is 1. The van der Waals surface area contributed by atoms with Gasteiger partial charge in [0, 0.05) is 11.4 Å². The van der Waals surface area contributed by atoms with E-state index in [4.69, 9.17) is 14.2 Å².